The van der Waals surface area contributed by atoms with Gasteiger partial charge in [0.1, 0.15) is 0 Å². The van der Waals surface area contributed by atoms with Gasteiger partial charge in [0.15, 0.2) is 11.7 Å². The number of aromatic amines is 1. The van der Waals surface area contributed by atoms with E-state index in [1.165, 1.54) is 5.56 Å². The highest BCUT2D eigenvalue weighted by molar-refractivity contribution is 6.31. The largest absolute Gasteiger partial charge is 0.361 e. The first-order valence-corrected chi connectivity index (χ1v) is 9.10. The molecule has 138 valence electrons. The summed E-state index contributed by atoms with van der Waals surface area (Å²) in [5.74, 6) is 1.88. The SMILES string of the molecule is CN=C(NCCc1c[nH]c2ccc(Cl)cc12)NCc1cc(C(C)C)no1. The fraction of sp³-hybridized carbons (Fsp3) is 0.368. The van der Waals surface area contributed by atoms with Crippen molar-refractivity contribution in [1.82, 2.24) is 20.8 Å². The topological polar surface area (TPSA) is 78.2 Å². The van der Waals surface area contributed by atoms with Gasteiger partial charge in [0.25, 0.3) is 0 Å². The third-order valence-corrected chi connectivity index (χ3v) is 4.47. The summed E-state index contributed by atoms with van der Waals surface area (Å²) in [5, 5.41) is 12.5. The van der Waals surface area contributed by atoms with Gasteiger partial charge < -0.3 is 20.1 Å². The average molecular weight is 374 g/mol. The number of aliphatic imine (C=N–C) groups is 1. The molecule has 0 amide bonds. The summed E-state index contributed by atoms with van der Waals surface area (Å²) < 4.78 is 5.33. The Morgan fingerprint density at radius 3 is 2.88 bits per heavy atom. The zero-order valence-electron chi connectivity index (χ0n) is 15.3. The van der Waals surface area contributed by atoms with Crippen molar-refractivity contribution in [2.45, 2.75) is 32.7 Å². The highest BCUT2D eigenvalue weighted by Crippen LogP contribution is 2.22. The van der Waals surface area contributed by atoms with Crippen LogP contribution in [-0.2, 0) is 13.0 Å². The van der Waals surface area contributed by atoms with Crippen LogP contribution in [0.15, 0.2) is 40.0 Å². The lowest BCUT2D eigenvalue weighted by Gasteiger charge is -2.10. The van der Waals surface area contributed by atoms with Gasteiger partial charge in [-0.2, -0.15) is 0 Å². The van der Waals surface area contributed by atoms with Gasteiger partial charge in [-0.25, -0.2) is 0 Å². The first-order chi connectivity index (χ1) is 12.6. The molecule has 0 fully saturated rings. The van der Waals surface area contributed by atoms with Crippen LogP contribution in [0.1, 0.15) is 36.8 Å². The minimum absolute atomic E-state index is 0.356. The maximum Gasteiger partial charge on any atom is 0.191 e. The van der Waals surface area contributed by atoms with Crippen molar-refractivity contribution in [2.24, 2.45) is 4.99 Å². The fourth-order valence-corrected chi connectivity index (χ4v) is 2.92. The Morgan fingerprint density at radius 2 is 2.15 bits per heavy atom. The summed E-state index contributed by atoms with van der Waals surface area (Å²) in [4.78, 5) is 7.52. The molecular formula is C19H24ClN5O. The predicted molar refractivity (Wildman–Crippen MR) is 106 cm³/mol. The normalized spacial score (nSPS) is 12.1. The number of H-pyrrole nitrogens is 1. The summed E-state index contributed by atoms with van der Waals surface area (Å²) in [6.45, 7) is 5.48. The van der Waals surface area contributed by atoms with Gasteiger partial charge in [-0.1, -0.05) is 30.6 Å². The second-order valence-corrected chi connectivity index (χ2v) is 6.92. The van der Waals surface area contributed by atoms with Crippen molar-refractivity contribution in [2.75, 3.05) is 13.6 Å². The third kappa shape index (κ3) is 4.38. The van der Waals surface area contributed by atoms with Crippen molar-refractivity contribution in [3.8, 4) is 0 Å². The Labute approximate surface area is 158 Å². The second-order valence-electron chi connectivity index (χ2n) is 6.48. The zero-order chi connectivity index (χ0) is 18.5. The molecule has 1 aromatic carbocycles. The molecule has 7 heteroatoms. The second kappa shape index (κ2) is 8.27. The standard InChI is InChI=1S/C19H24ClN5O/c1-12(2)18-9-15(26-25-18)11-24-19(21-3)22-7-6-13-10-23-17-5-4-14(20)8-16(13)17/h4-5,8-10,12,23H,6-7,11H2,1-3H3,(H2,21,22,24). The van der Waals surface area contributed by atoms with E-state index in [-0.39, 0.29) is 0 Å². The molecule has 0 aliphatic rings. The van der Waals surface area contributed by atoms with E-state index in [9.17, 15) is 0 Å². The van der Waals surface area contributed by atoms with E-state index in [0.717, 1.165) is 46.3 Å². The monoisotopic (exact) mass is 373 g/mol. The van der Waals surface area contributed by atoms with E-state index in [4.69, 9.17) is 16.1 Å². The van der Waals surface area contributed by atoms with Gasteiger partial charge in [-0.15, -0.1) is 0 Å². The number of nitrogens with zero attached hydrogens (tertiary/aromatic N) is 2. The first kappa shape index (κ1) is 18.3. The molecule has 26 heavy (non-hydrogen) atoms. The fourth-order valence-electron chi connectivity index (χ4n) is 2.75. The van der Waals surface area contributed by atoms with Gasteiger partial charge in [-0.3, -0.25) is 4.99 Å². The van der Waals surface area contributed by atoms with Crippen molar-refractivity contribution in [1.29, 1.82) is 0 Å². The lowest BCUT2D eigenvalue weighted by atomic mass is 10.1. The van der Waals surface area contributed by atoms with Crippen LogP contribution in [0.3, 0.4) is 0 Å². The number of hydrogen-bond acceptors (Lipinski definition) is 3. The number of benzene rings is 1. The molecule has 0 spiro atoms. The molecular weight excluding hydrogens is 350 g/mol. The average Bonchev–Trinajstić information content (AvgIpc) is 3.25. The minimum atomic E-state index is 0.356. The summed E-state index contributed by atoms with van der Waals surface area (Å²) >= 11 is 6.10. The molecule has 2 heterocycles. The van der Waals surface area contributed by atoms with Crippen molar-refractivity contribution in [3.05, 3.63) is 52.5 Å². The van der Waals surface area contributed by atoms with E-state index in [2.05, 4.69) is 39.6 Å². The molecule has 3 aromatic rings. The highest BCUT2D eigenvalue weighted by Gasteiger charge is 2.09. The molecule has 0 aliphatic carbocycles. The van der Waals surface area contributed by atoms with Crippen molar-refractivity contribution in [3.63, 3.8) is 0 Å². The molecule has 0 saturated heterocycles. The van der Waals surface area contributed by atoms with Gasteiger partial charge in [-0.05, 0) is 36.1 Å². The Kier molecular flexibility index (Phi) is 5.83. The van der Waals surface area contributed by atoms with E-state index >= 15 is 0 Å². The van der Waals surface area contributed by atoms with Crippen LogP contribution in [0.25, 0.3) is 10.9 Å². The summed E-state index contributed by atoms with van der Waals surface area (Å²) in [5.41, 5.74) is 3.28. The first-order valence-electron chi connectivity index (χ1n) is 8.72. The number of fused-ring (bicyclic) bond motifs is 1. The Hall–Kier alpha value is -2.47. The Morgan fingerprint density at radius 1 is 1.31 bits per heavy atom. The summed E-state index contributed by atoms with van der Waals surface area (Å²) in [6, 6.07) is 7.85. The molecule has 0 aliphatic heterocycles. The van der Waals surface area contributed by atoms with Gasteiger partial charge in [0.2, 0.25) is 0 Å². The molecule has 0 radical (unpaired) electrons. The molecule has 6 nitrogen and oxygen atoms in total. The summed E-state index contributed by atoms with van der Waals surface area (Å²) in [7, 11) is 1.75. The molecule has 0 unspecified atom stereocenters. The maximum atomic E-state index is 6.10. The number of aromatic nitrogens is 2. The molecule has 3 rings (SSSR count). The van der Waals surface area contributed by atoms with Gasteiger partial charge in [0, 0.05) is 41.8 Å². The van der Waals surface area contributed by atoms with E-state index in [0.29, 0.717) is 12.5 Å². The Balaban J connectivity index is 1.51. The third-order valence-electron chi connectivity index (χ3n) is 4.24. The Bertz CT molecular complexity index is 896. The van der Waals surface area contributed by atoms with Crippen LogP contribution in [0.2, 0.25) is 5.02 Å². The molecule has 2 aromatic heterocycles. The van der Waals surface area contributed by atoms with Crippen LogP contribution in [-0.4, -0.2) is 29.7 Å². The lowest BCUT2D eigenvalue weighted by Crippen LogP contribution is -2.37. The van der Waals surface area contributed by atoms with Crippen LogP contribution in [0.5, 0.6) is 0 Å². The van der Waals surface area contributed by atoms with Crippen molar-refractivity contribution >= 4 is 28.5 Å². The molecule has 0 saturated carbocycles. The summed E-state index contributed by atoms with van der Waals surface area (Å²) in [6.07, 6.45) is 2.89. The van der Waals surface area contributed by atoms with E-state index in [1.54, 1.807) is 7.05 Å². The van der Waals surface area contributed by atoms with Crippen LogP contribution in [0, 0.1) is 0 Å². The highest BCUT2D eigenvalue weighted by atomic mass is 35.5. The van der Waals surface area contributed by atoms with Crippen LogP contribution >= 0.6 is 11.6 Å². The minimum Gasteiger partial charge on any atom is -0.361 e. The number of rotatable bonds is 6. The zero-order valence-corrected chi connectivity index (χ0v) is 16.0. The molecule has 3 N–H and O–H groups in total. The number of halogens is 1. The quantitative estimate of drug-likeness (QED) is 0.453. The van der Waals surface area contributed by atoms with Crippen LogP contribution in [0.4, 0.5) is 0 Å². The maximum absolute atomic E-state index is 6.10. The molecule has 0 atom stereocenters. The smallest absolute Gasteiger partial charge is 0.191 e. The number of guanidine groups is 1. The van der Waals surface area contributed by atoms with E-state index < -0.39 is 0 Å². The van der Waals surface area contributed by atoms with Gasteiger partial charge in [0.05, 0.1) is 12.2 Å². The lowest BCUT2D eigenvalue weighted by molar-refractivity contribution is 0.372. The van der Waals surface area contributed by atoms with Crippen LogP contribution < -0.4 is 10.6 Å². The predicted octanol–water partition coefficient (Wildman–Crippen LogP) is 3.84. The number of nitrogens with one attached hydrogen (secondary N) is 3. The van der Waals surface area contributed by atoms with Crippen molar-refractivity contribution < 1.29 is 4.52 Å². The van der Waals surface area contributed by atoms with E-state index in [1.807, 2.05) is 30.5 Å². The molecule has 0 bridgehead atoms. The number of hydrogen-bond donors (Lipinski definition) is 3. The van der Waals surface area contributed by atoms with Gasteiger partial charge >= 0.3 is 0 Å².